The van der Waals surface area contributed by atoms with Gasteiger partial charge in [-0.25, -0.2) is 0 Å². The van der Waals surface area contributed by atoms with E-state index in [9.17, 15) is 9.59 Å². The van der Waals surface area contributed by atoms with E-state index in [1.807, 2.05) is 24.3 Å². The minimum Gasteiger partial charge on any atom is -0.350 e. The van der Waals surface area contributed by atoms with E-state index in [2.05, 4.69) is 26.6 Å². The number of nitrogens with one attached hydrogen (secondary N) is 2. The van der Waals surface area contributed by atoms with E-state index in [0.717, 1.165) is 10.0 Å². The van der Waals surface area contributed by atoms with Gasteiger partial charge < -0.3 is 10.6 Å². The molecule has 1 aliphatic heterocycles. The molecule has 1 aliphatic rings. The van der Waals surface area contributed by atoms with Gasteiger partial charge in [0.05, 0.1) is 0 Å². The summed E-state index contributed by atoms with van der Waals surface area (Å²) in [7, 11) is 0. The molecule has 1 fully saturated rings. The Hall–Kier alpha value is -1.36. The van der Waals surface area contributed by atoms with Crippen LogP contribution in [0.3, 0.4) is 0 Å². The van der Waals surface area contributed by atoms with Crippen molar-refractivity contribution in [1.29, 1.82) is 0 Å². The van der Waals surface area contributed by atoms with Crippen LogP contribution in [0.2, 0.25) is 0 Å². The molecule has 0 aromatic heterocycles. The zero-order valence-corrected chi connectivity index (χ0v) is 10.8. The second-order valence-corrected chi connectivity index (χ2v) is 4.92. The third-order valence-electron chi connectivity index (χ3n) is 2.67. The van der Waals surface area contributed by atoms with Gasteiger partial charge in [0.1, 0.15) is 6.04 Å². The predicted octanol–water partition coefficient (Wildman–Crippen LogP) is 1.34. The third kappa shape index (κ3) is 3.30. The number of carbonyl (C=O) groups excluding carboxylic acids is 2. The van der Waals surface area contributed by atoms with Crippen molar-refractivity contribution >= 4 is 27.7 Å². The monoisotopic (exact) mass is 296 g/mol. The fraction of sp³-hybridized carbons (Fsp3) is 0.333. The van der Waals surface area contributed by atoms with Gasteiger partial charge in [0.2, 0.25) is 11.8 Å². The van der Waals surface area contributed by atoms with Crippen molar-refractivity contribution in [2.24, 2.45) is 0 Å². The summed E-state index contributed by atoms with van der Waals surface area (Å²) < 4.78 is 0.985. The van der Waals surface area contributed by atoms with Crippen molar-refractivity contribution in [2.75, 3.05) is 0 Å². The van der Waals surface area contributed by atoms with Crippen molar-refractivity contribution in [3.63, 3.8) is 0 Å². The lowest BCUT2D eigenvalue weighted by Crippen LogP contribution is -2.41. The number of hydrogen-bond donors (Lipinski definition) is 2. The number of rotatable bonds is 3. The van der Waals surface area contributed by atoms with Crippen LogP contribution in [0.15, 0.2) is 28.7 Å². The van der Waals surface area contributed by atoms with Gasteiger partial charge >= 0.3 is 0 Å². The smallest absolute Gasteiger partial charge is 0.242 e. The van der Waals surface area contributed by atoms with Crippen LogP contribution in [0.25, 0.3) is 0 Å². The van der Waals surface area contributed by atoms with E-state index < -0.39 is 0 Å². The Morgan fingerprint density at radius 1 is 1.53 bits per heavy atom. The average Bonchev–Trinajstić information content (AvgIpc) is 2.73. The summed E-state index contributed by atoms with van der Waals surface area (Å²) in [5, 5.41) is 5.46. The van der Waals surface area contributed by atoms with Gasteiger partial charge in [-0.2, -0.15) is 0 Å². The Balaban J connectivity index is 1.86. The van der Waals surface area contributed by atoms with E-state index in [-0.39, 0.29) is 17.9 Å². The predicted molar refractivity (Wildman–Crippen MR) is 67.2 cm³/mol. The Bertz CT molecular complexity index is 448. The van der Waals surface area contributed by atoms with E-state index in [1.54, 1.807) is 0 Å². The fourth-order valence-corrected chi connectivity index (χ4v) is 2.22. The number of amides is 2. The summed E-state index contributed by atoms with van der Waals surface area (Å²) in [4.78, 5) is 22.7. The highest BCUT2D eigenvalue weighted by atomic mass is 79.9. The molecular formula is C12H13BrN2O2. The van der Waals surface area contributed by atoms with Crippen LogP contribution in [0.1, 0.15) is 18.4 Å². The summed E-state index contributed by atoms with van der Waals surface area (Å²) in [6.45, 7) is 0.477. The average molecular weight is 297 g/mol. The molecule has 1 unspecified atom stereocenters. The lowest BCUT2D eigenvalue weighted by molar-refractivity contribution is -0.125. The Labute approximate surface area is 108 Å². The van der Waals surface area contributed by atoms with Gasteiger partial charge in [0.15, 0.2) is 0 Å². The van der Waals surface area contributed by atoms with Crippen LogP contribution >= 0.6 is 15.9 Å². The number of hydrogen-bond acceptors (Lipinski definition) is 2. The maximum atomic E-state index is 11.7. The molecule has 2 rings (SSSR count). The molecule has 2 amide bonds. The molecular weight excluding hydrogens is 284 g/mol. The van der Waals surface area contributed by atoms with E-state index in [0.29, 0.717) is 19.4 Å². The SMILES string of the molecule is O=C1CCC(C(=O)NCc2cccc(Br)c2)N1. The van der Waals surface area contributed by atoms with Gasteiger partial charge in [-0.3, -0.25) is 9.59 Å². The minimum absolute atomic E-state index is 0.0485. The molecule has 1 atom stereocenters. The highest BCUT2D eigenvalue weighted by Gasteiger charge is 2.26. The number of benzene rings is 1. The fourth-order valence-electron chi connectivity index (χ4n) is 1.77. The first kappa shape index (κ1) is 12.1. The molecule has 2 N–H and O–H groups in total. The third-order valence-corrected chi connectivity index (χ3v) is 3.16. The molecule has 0 radical (unpaired) electrons. The Morgan fingerprint density at radius 2 is 2.35 bits per heavy atom. The standard InChI is InChI=1S/C12H13BrN2O2/c13-9-3-1-2-8(6-9)7-14-12(17)10-4-5-11(16)15-10/h1-3,6,10H,4-5,7H2,(H,14,17)(H,15,16). The Morgan fingerprint density at radius 3 is 3.00 bits per heavy atom. The van der Waals surface area contributed by atoms with Gasteiger partial charge in [0, 0.05) is 17.4 Å². The van der Waals surface area contributed by atoms with E-state index in [1.165, 1.54) is 0 Å². The molecule has 1 heterocycles. The molecule has 0 aliphatic carbocycles. The van der Waals surface area contributed by atoms with E-state index >= 15 is 0 Å². The summed E-state index contributed by atoms with van der Waals surface area (Å²) in [6, 6.07) is 7.38. The van der Waals surface area contributed by atoms with Crippen molar-refractivity contribution < 1.29 is 9.59 Å². The highest BCUT2D eigenvalue weighted by molar-refractivity contribution is 9.10. The van der Waals surface area contributed by atoms with Crippen LogP contribution in [0.5, 0.6) is 0 Å². The highest BCUT2D eigenvalue weighted by Crippen LogP contribution is 2.12. The zero-order chi connectivity index (χ0) is 12.3. The molecule has 17 heavy (non-hydrogen) atoms. The first-order chi connectivity index (χ1) is 8.15. The largest absolute Gasteiger partial charge is 0.350 e. The molecule has 1 saturated heterocycles. The summed E-state index contributed by atoms with van der Waals surface area (Å²) in [6.07, 6.45) is 1.03. The molecule has 5 heteroatoms. The summed E-state index contributed by atoms with van der Waals surface area (Å²) in [5.74, 6) is -0.163. The topological polar surface area (TPSA) is 58.2 Å². The van der Waals surface area contributed by atoms with Crippen molar-refractivity contribution in [1.82, 2.24) is 10.6 Å². The Kier molecular flexibility index (Phi) is 3.78. The first-order valence-electron chi connectivity index (χ1n) is 5.46. The minimum atomic E-state index is -0.366. The van der Waals surface area contributed by atoms with Gasteiger partial charge in [0.25, 0.3) is 0 Å². The molecule has 0 saturated carbocycles. The first-order valence-corrected chi connectivity index (χ1v) is 6.26. The van der Waals surface area contributed by atoms with Crippen LogP contribution in [-0.4, -0.2) is 17.9 Å². The number of carbonyl (C=O) groups is 2. The second-order valence-electron chi connectivity index (χ2n) is 4.01. The molecule has 4 nitrogen and oxygen atoms in total. The lowest BCUT2D eigenvalue weighted by atomic mass is 10.2. The van der Waals surface area contributed by atoms with Gasteiger partial charge in [-0.05, 0) is 24.1 Å². The molecule has 1 aromatic rings. The van der Waals surface area contributed by atoms with Crippen LogP contribution < -0.4 is 10.6 Å². The number of halogens is 1. The zero-order valence-electron chi connectivity index (χ0n) is 9.20. The van der Waals surface area contributed by atoms with Crippen molar-refractivity contribution in [3.05, 3.63) is 34.3 Å². The van der Waals surface area contributed by atoms with E-state index in [4.69, 9.17) is 0 Å². The second kappa shape index (κ2) is 5.31. The van der Waals surface area contributed by atoms with Crippen LogP contribution in [-0.2, 0) is 16.1 Å². The van der Waals surface area contributed by atoms with Crippen molar-refractivity contribution in [2.45, 2.75) is 25.4 Å². The maximum absolute atomic E-state index is 11.7. The normalized spacial score (nSPS) is 18.9. The molecule has 1 aromatic carbocycles. The molecule has 90 valence electrons. The molecule has 0 bridgehead atoms. The molecule has 0 spiro atoms. The maximum Gasteiger partial charge on any atom is 0.242 e. The summed E-state index contributed by atoms with van der Waals surface area (Å²) >= 11 is 3.37. The lowest BCUT2D eigenvalue weighted by Gasteiger charge is -2.10. The van der Waals surface area contributed by atoms with Gasteiger partial charge in [-0.1, -0.05) is 28.1 Å². The van der Waals surface area contributed by atoms with Crippen LogP contribution in [0, 0.1) is 0 Å². The van der Waals surface area contributed by atoms with Crippen LogP contribution in [0.4, 0.5) is 0 Å². The quantitative estimate of drug-likeness (QED) is 0.884. The van der Waals surface area contributed by atoms with Crippen molar-refractivity contribution in [3.8, 4) is 0 Å². The summed E-state index contributed by atoms with van der Waals surface area (Å²) in [5.41, 5.74) is 1.03. The van der Waals surface area contributed by atoms with Gasteiger partial charge in [-0.15, -0.1) is 0 Å².